The van der Waals surface area contributed by atoms with Crippen molar-refractivity contribution in [2.45, 2.75) is 30.3 Å². The van der Waals surface area contributed by atoms with Gasteiger partial charge in [0.05, 0.1) is 0 Å². The van der Waals surface area contributed by atoms with Crippen molar-refractivity contribution < 1.29 is 9.21 Å². The van der Waals surface area contributed by atoms with Crippen LogP contribution in [0.3, 0.4) is 0 Å². The zero-order chi connectivity index (χ0) is 21.8. The molecule has 4 aromatic rings. The molecule has 0 spiro atoms. The molecule has 1 N–H and O–H groups in total. The van der Waals surface area contributed by atoms with Crippen LogP contribution in [-0.2, 0) is 12.3 Å². The summed E-state index contributed by atoms with van der Waals surface area (Å²) >= 11 is 1.49. The first kappa shape index (κ1) is 20.7. The van der Waals surface area contributed by atoms with Crippen molar-refractivity contribution in [3.05, 3.63) is 83.9 Å². The van der Waals surface area contributed by atoms with Gasteiger partial charge >= 0.3 is 0 Å². The Morgan fingerprint density at radius 1 is 1.00 bits per heavy atom. The molecule has 0 radical (unpaired) electrons. The lowest BCUT2D eigenvalue weighted by molar-refractivity contribution is 0.0997. The van der Waals surface area contributed by atoms with Crippen LogP contribution in [0.4, 0.5) is 5.69 Å². The van der Waals surface area contributed by atoms with Gasteiger partial charge in [-0.25, -0.2) is 9.97 Å². The molecule has 0 atom stereocenters. The van der Waals surface area contributed by atoms with Crippen molar-refractivity contribution >= 4 is 34.3 Å². The molecule has 5 rings (SSSR count). The van der Waals surface area contributed by atoms with Crippen molar-refractivity contribution in [1.29, 1.82) is 0 Å². The Morgan fingerprint density at radius 3 is 2.59 bits per heavy atom. The van der Waals surface area contributed by atoms with E-state index in [2.05, 4.69) is 26.3 Å². The maximum absolute atomic E-state index is 13.3. The number of nitrogens with zero attached hydrogens (tertiary/aromatic N) is 3. The van der Waals surface area contributed by atoms with Gasteiger partial charge in [-0.05, 0) is 49.7 Å². The fourth-order valence-corrected chi connectivity index (χ4v) is 4.89. The predicted octanol–water partition coefficient (Wildman–Crippen LogP) is 5.36. The molecular formula is C25H24N4O2S. The Bertz CT molecular complexity index is 1220. The first-order valence-electron chi connectivity index (χ1n) is 10.8. The number of hydrogen-bond donors (Lipinski definition) is 1. The number of amides is 1. The van der Waals surface area contributed by atoms with E-state index in [0.29, 0.717) is 22.3 Å². The fourth-order valence-electron chi connectivity index (χ4n) is 4.06. The molecule has 0 aliphatic carbocycles. The zero-order valence-electron chi connectivity index (χ0n) is 17.7. The van der Waals surface area contributed by atoms with Gasteiger partial charge in [-0.3, -0.25) is 9.69 Å². The molecule has 2 aromatic heterocycles. The number of para-hydroxylation sites is 2. The third kappa shape index (κ3) is 4.54. The van der Waals surface area contributed by atoms with E-state index < -0.39 is 0 Å². The van der Waals surface area contributed by atoms with Gasteiger partial charge in [0, 0.05) is 41.3 Å². The van der Waals surface area contributed by atoms with Gasteiger partial charge < -0.3 is 9.73 Å². The van der Waals surface area contributed by atoms with Crippen LogP contribution in [0.15, 0.2) is 76.6 Å². The van der Waals surface area contributed by atoms with Crippen LogP contribution in [0.2, 0.25) is 0 Å². The molecule has 0 unspecified atom stereocenters. The van der Waals surface area contributed by atoms with E-state index in [1.54, 1.807) is 18.5 Å². The molecule has 1 aliphatic heterocycles. The predicted molar refractivity (Wildman–Crippen MR) is 127 cm³/mol. The number of benzene rings is 2. The smallest absolute Gasteiger partial charge is 0.291 e. The van der Waals surface area contributed by atoms with E-state index in [-0.39, 0.29) is 5.91 Å². The summed E-state index contributed by atoms with van der Waals surface area (Å²) in [5.74, 6) is 0.643. The number of fused-ring (bicyclic) bond motifs is 1. The van der Waals surface area contributed by atoms with Crippen molar-refractivity contribution in [3.63, 3.8) is 0 Å². The quantitative estimate of drug-likeness (QED) is 0.305. The number of furan rings is 1. The van der Waals surface area contributed by atoms with Crippen molar-refractivity contribution in [2.75, 3.05) is 18.4 Å². The lowest BCUT2D eigenvalue weighted by atomic mass is 10.1. The summed E-state index contributed by atoms with van der Waals surface area (Å²) in [6.07, 6.45) is 5.90. The first-order valence-corrected chi connectivity index (χ1v) is 11.8. The minimum absolute atomic E-state index is 0.236. The van der Waals surface area contributed by atoms with Gasteiger partial charge in [-0.15, -0.1) is 0 Å². The van der Waals surface area contributed by atoms with Gasteiger partial charge in [-0.1, -0.05) is 48.2 Å². The first-order chi connectivity index (χ1) is 15.8. The molecule has 1 amide bonds. The fraction of sp³-hybridized carbons (Fsp3) is 0.240. The van der Waals surface area contributed by atoms with Crippen molar-refractivity contribution in [1.82, 2.24) is 14.9 Å². The molecule has 6 nitrogen and oxygen atoms in total. The summed E-state index contributed by atoms with van der Waals surface area (Å²) in [5.41, 5.74) is 3.50. The van der Waals surface area contributed by atoms with Gasteiger partial charge in [-0.2, -0.15) is 0 Å². The molecule has 2 aromatic carbocycles. The molecule has 1 aliphatic rings. The summed E-state index contributed by atoms with van der Waals surface area (Å²) in [6.45, 7) is 3.05. The molecule has 1 saturated heterocycles. The van der Waals surface area contributed by atoms with Gasteiger partial charge in [0.1, 0.15) is 5.58 Å². The summed E-state index contributed by atoms with van der Waals surface area (Å²) in [4.78, 5) is 24.3. The molecule has 3 heterocycles. The van der Waals surface area contributed by atoms with Crippen LogP contribution in [-0.4, -0.2) is 33.9 Å². The summed E-state index contributed by atoms with van der Waals surface area (Å²) in [5, 5.41) is 4.70. The molecule has 0 bridgehead atoms. The Hall–Kier alpha value is -3.16. The van der Waals surface area contributed by atoms with Crippen LogP contribution in [0, 0.1) is 0 Å². The summed E-state index contributed by atoms with van der Waals surface area (Å²) in [6, 6.07) is 17.5. The van der Waals surface area contributed by atoms with Gasteiger partial charge in [0.2, 0.25) is 0 Å². The second-order valence-corrected chi connectivity index (χ2v) is 8.76. The monoisotopic (exact) mass is 444 g/mol. The average Bonchev–Trinajstić information content (AvgIpc) is 3.47. The van der Waals surface area contributed by atoms with Gasteiger partial charge in [0.25, 0.3) is 5.91 Å². The third-order valence-electron chi connectivity index (χ3n) is 5.65. The van der Waals surface area contributed by atoms with Crippen LogP contribution >= 0.6 is 11.8 Å². The molecule has 1 fully saturated rings. The van der Waals surface area contributed by atoms with E-state index in [1.165, 1.54) is 24.6 Å². The van der Waals surface area contributed by atoms with Crippen LogP contribution in [0.25, 0.3) is 11.0 Å². The maximum atomic E-state index is 13.3. The number of hydrogen-bond acceptors (Lipinski definition) is 6. The highest BCUT2D eigenvalue weighted by Crippen LogP contribution is 2.32. The van der Waals surface area contributed by atoms with Crippen molar-refractivity contribution in [3.8, 4) is 0 Å². The standard InChI is InChI=1S/C25H24N4O2S/c30-24(28-21-10-3-1-8-18(21)16-29-14-5-6-15-29)23-20(17-32-25-26-12-7-13-27-25)19-9-2-4-11-22(19)31-23/h1-4,7-13H,5-6,14-17H2,(H,28,30). The zero-order valence-corrected chi connectivity index (χ0v) is 18.5. The third-order valence-corrected chi connectivity index (χ3v) is 6.55. The van der Waals surface area contributed by atoms with Crippen LogP contribution in [0.1, 0.15) is 34.5 Å². The molecular weight excluding hydrogens is 420 g/mol. The number of thioether (sulfide) groups is 1. The average molecular weight is 445 g/mol. The molecule has 162 valence electrons. The molecule has 0 saturated carbocycles. The second kappa shape index (κ2) is 9.54. The normalized spacial score (nSPS) is 14.1. The Labute approximate surface area is 191 Å². The minimum Gasteiger partial charge on any atom is -0.451 e. The van der Waals surface area contributed by atoms with E-state index in [9.17, 15) is 4.79 Å². The largest absolute Gasteiger partial charge is 0.451 e. The topological polar surface area (TPSA) is 71.3 Å². The number of carbonyl (C=O) groups excluding carboxylic acids is 1. The van der Waals surface area contributed by atoms with E-state index in [1.807, 2.05) is 42.5 Å². The number of aromatic nitrogens is 2. The highest BCUT2D eigenvalue weighted by atomic mass is 32.2. The SMILES string of the molecule is O=C(Nc1ccccc1CN1CCCC1)c1oc2ccccc2c1CSc1ncccn1. The van der Waals surface area contributed by atoms with E-state index in [0.717, 1.165) is 41.8 Å². The highest BCUT2D eigenvalue weighted by molar-refractivity contribution is 7.98. The number of rotatable bonds is 7. The Morgan fingerprint density at radius 2 is 1.75 bits per heavy atom. The lowest BCUT2D eigenvalue weighted by Gasteiger charge is -2.17. The highest BCUT2D eigenvalue weighted by Gasteiger charge is 2.22. The summed E-state index contributed by atoms with van der Waals surface area (Å²) in [7, 11) is 0. The maximum Gasteiger partial charge on any atom is 0.291 e. The van der Waals surface area contributed by atoms with Crippen LogP contribution < -0.4 is 5.32 Å². The number of nitrogens with one attached hydrogen (secondary N) is 1. The van der Waals surface area contributed by atoms with Crippen LogP contribution in [0.5, 0.6) is 0 Å². The van der Waals surface area contributed by atoms with E-state index in [4.69, 9.17) is 4.42 Å². The Kier molecular flexibility index (Phi) is 6.18. The number of anilines is 1. The second-order valence-electron chi connectivity index (χ2n) is 7.82. The lowest BCUT2D eigenvalue weighted by Crippen LogP contribution is -2.20. The van der Waals surface area contributed by atoms with E-state index >= 15 is 0 Å². The van der Waals surface area contributed by atoms with Gasteiger partial charge in [0.15, 0.2) is 10.9 Å². The summed E-state index contributed by atoms with van der Waals surface area (Å²) < 4.78 is 6.02. The van der Waals surface area contributed by atoms with Crippen molar-refractivity contribution in [2.24, 2.45) is 0 Å². The molecule has 32 heavy (non-hydrogen) atoms. The number of likely N-dealkylation sites (tertiary alicyclic amines) is 1. The minimum atomic E-state index is -0.236. The molecule has 7 heteroatoms. The number of carbonyl (C=O) groups is 1. The Balaban J connectivity index is 1.41.